The maximum Gasteiger partial charge on any atom is 0.316 e. The Kier molecular flexibility index (Phi) is 6.60. The fourth-order valence-corrected chi connectivity index (χ4v) is 5.05. The molecule has 7 heteroatoms. The number of hydrogen-bond acceptors (Lipinski definition) is 7. The Morgan fingerprint density at radius 3 is 2.43 bits per heavy atom. The zero-order valence-electron chi connectivity index (χ0n) is 15.8. The van der Waals surface area contributed by atoms with Crippen molar-refractivity contribution < 1.29 is 9.53 Å². The van der Waals surface area contributed by atoms with Gasteiger partial charge in [0, 0.05) is 10.4 Å². The summed E-state index contributed by atoms with van der Waals surface area (Å²) in [6.07, 6.45) is 0. The van der Waals surface area contributed by atoms with Gasteiger partial charge in [-0.25, -0.2) is 4.98 Å². The molecular formula is C23H16N2O2S3. The molecule has 0 saturated carbocycles. The van der Waals surface area contributed by atoms with E-state index in [1.807, 2.05) is 71.4 Å². The van der Waals surface area contributed by atoms with Gasteiger partial charge in [-0.15, -0.1) is 22.7 Å². The van der Waals surface area contributed by atoms with Crippen molar-refractivity contribution >= 4 is 40.4 Å². The molecule has 30 heavy (non-hydrogen) atoms. The van der Waals surface area contributed by atoms with Gasteiger partial charge in [-0.1, -0.05) is 54.2 Å². The third-order valence-corrected chi connectivity index (χ3v) is 6.97. The average molecular weight is 449 g/mol. The third kappa shape index (κ3) is 4.79. The topological polar surface area (TPSA) is 63.0 Å². The van der Waals surface area contributed by atoms with Crippen LogP contribution in [0.25, 0.3) is 21.0 Å². The second-order valence-electron chi connectivity index (χ2n) is 6.24. The van der Waals surface area contributed by atoms with Crippen LogP contribution in [0.2, 0.25) is 0 Å². The molecule has 4 nitrogen and oxygen atoms in total. The number of pyridine rings is 1. The number of benzene rings is 1. The van der Waals surface area contributed by atoms with Gasteiger partial charge in [-0.3, -0.25) is 4.79 Å². The number of rotatable bonds is 7. The van der Waals surface area contributed by atoms with Crippen molar-refractivity contribution in [3.63, 3.8) is 0 Å². The minimum atomic E-state index is -0.339. The van der Waals surface area contributed by atoms with E-state index in [4.69, 9.17) is 9.72 Å². The zero-order chi connectivity index (χ0) is 20.8. The summed E-state index contributed by atoms with van der Waals surface area (Å²) in [5.41, 5.74) is 3.06. The summed E-state index contributed by atoms with van der Waals surface area (Å²) in [5, 5.41) is 14.3. The van der Waals surface area contributed by atoms with E-state index in [1.54, 1.807) is 22.7 Å². The molecule has 0 N–H and O–H groups in total. The van der Waals surface area contributed by atoms with E-state index in [0.29, 0.717) is 10.6 Å². The van der Waals surface area contributed by atoms with Gasteiger partial charge in [0.2, 0.25) is 0 Å². The van der Waals surface area contributed by atoms with E-state index in [2.05, 4.69) is 6.07 Å². The van der Waals surface area contributed by atoms with Crippen molar-refractivity contribution in [1.82, 2.24) is 4.98 Å². The van der Waals surface area contributed by atoms with Crippen LogP contribution in [0.4, 0.5) is 0 Å². The first-order valence-electron chi connectivity index (χ1n) is 9.10. The average Bonchev–Trinajstić information content (AvgIpc) is 3.51. The molecule has 4 aromatic rings. The molecule has 148 valence electrons. The van der Waals surface area contributed by atoms with Gasteiger partial charge >= 0.3 is 5.97 Å². The van der Waals surface area contributed by atoms with Crippen LogP contribution in [0.5, 0.6) is 0 Å². The SMILES string of the molecule is N#Cc1c(-c2cccs2)cc(-c2cccs2)nc1SCC(=O)OCc1ccccc1. The maximum absolute atomic E-state index is 12.3. The molecule has 4 rings (SSSR count). The van der Waals surface area contributed by atoms with E-state index in [0.717, 1.165) is 26.6 Å². The lowest BCUT2D eigenvalue weighted by Crippen LogP contribution is -2.08. The summed E-state index contributed by atoms with van der Waals surface area (Å²) in [6.45, 7) is 0.231. The minimum Gasteiger partial charge on any atom is -0.460 e. The lowest BCUT2D eigenvalue weighted by atomic mass is 10.1. The molecule has 0 fully saturated rings. The van der Waals surface area contributed by atoms with Crippen LogP contribution >= 0.6 is 34.4 Å². The van der Waals surface area contributed by atoms with Gasteiger partial charge in [0.1, 0.15) is 17.7 Å². The molecule has 0 bridgehead atoms. The Morgan fingerprint density at radius 2 is 1.77 bits per heavy atom. The fraction of sp³-hybridized carbons (Fsp3) is 0.0870. The second kappa shape index (κ2) is 9.72. The molecular weight excluding hydrogens is 432 g/mol. The number of esters is 1. The van der Waals surface area contributed by atoms with Crippen LogP contribution in [0.1, 0.15) is 11.1 Å². The molecule has 0 aliphatic heterocycles. The highest BCUT2D eigenvalue weighted by Gasteiger charge is 2.18. The Balaban J connectivity index is 1.57. The molecule has 0 aliphatic carbocycles. The standard InChI is InChI=1S/C23H16N2O2S3/c24-13-18-17(20-8-4-10-28-20)12-19(21-9-5-11-29-21)25-23(18)30-15-22(26)27-14-16-6-2-1-3-7-16/h1-12H,14-15H2. The molecule has 0 unspecified atom stereocenters. The van der Waals surface area contributed by atoms with Gasteiger partial charge in [0.15, 0.2) is 0 Å². The molecule has 0 aliphatic rings. The Bertz CT molecular complexity index is 1170. The van der Waals surface area contributed by atoms with Crippen LogP contribution in [-0.2, 0) is 16.1 Å². The fourth-order valence-electron chi connectivity index (χ4n) is 2.82. The molecule has 0 radical (unpaired) electrons. The minimum absolute atomic E-state index is 0.0896. The molecule has 0 amide bonds. The summed E-state index contributed by atoms with van der Waals surface area (Å²) < 4.78 is 5.36. The van der Waals surface area contributed by atoms with E-state index < -0.39 is 0 Å². The van der Waals surface area contributed by atoms with E-state index in [-0.39, 0.29) is 18.3 Å². The van der Waals surface area contributed by atoms with Gasteiger partial charge < -0.3 is 4.74 Å². The van der Waals surface area contributed by atoms with Crippen molar-refractivity contribution in [2.45, 2.75) is 11.6 Å². The quantitative estimate of drug-likeness (QED) is 0.247. The number of thiophene rings is 2. The van der Waals surface area contributed by atoms with Gasteiger partial charge in [0.05, 0.1) is 21.9 Å². The first kappa shape index (κ1) is 20.4. The van der Waals surface area contributed by atoms with E-state index in [9.17, 15) is 10.1 Å². The van der Waals surface area contributed by atoms with Crippen molar-refractivity contribution in [3.8, 4) is 27.1 Å². The predicted octanol–water partition coefficient (Wildman–Crippen LogP) is 6.25. The first-order valence-corrected chi connectivity index (χ1v) is 11.8. The number of hydrogen-bond donors (Lipinski definition) is 0. The monoisotopic (exact) mass is 448 g/mol. The number of carbonyl (C=O) groups excluding carboxylic acids is 1. The number of ether oxygens (including phenoxy) is 1. The number of aromatic nitrogens is 1. The molecule has 0 spiro atoms. The second-order valence-corrected chi connectivity index (χ2v) is 9.10. The van der Waals surface area contributed by atoms with Crippen LogP contribution in [-0.4, -0.2) is 16.7 Å². The summed E-state index contributed by atoms with van der Waals surface area (Å²) in [6, 6.07) is 21.7. The number of carbonyl (C=O) groups is 1. The lowest BCUT2D eigenvalue weighted by Gasteiger charge is -2.10. The van der Waals surface area contributed by atoms with Crippen molar-refractivity contribution in [2.75, 3.05) is 5.75 Å². The van der Waals surface area contributed by atoms with Crippen LogP contribution in [0, 0.1) is 11.3 Å². The highest BCUT2D eigenvalue weighted by Crippen LogP contribution is 2.37. The van der Waals surface area contributed by atoms with Crippen molar-refractivity contribution in [1.29, 1.82) is 5.26 Å². The lowest BCUT2D eigenvalue weighted by molar-refractivity contribution is -0.141. The number of thioether (sulfide) groups is 1. The van der Waals surface area contributed by atoms with E-state index in [1.165, 1.54) is 11.8 Å². The van der Waals surface area contributed by atoms with Crippen LogP contribution < -0.4 is 0 Å². The number of nitrogens with zero attached hydrogens (tertiary/aromatic N) is 2. The molecule has 3 heterocycles. The van der Waals surface area contributed by atoms with Gasteiger partial charge in [-0.05, 0) is 34.5 Å². The van der Waals surface area contributed by atoms with Gasteiger partial charge in [-0.2, -0.15) is 5.26 Å². The largest absolute Gasteiger partial charge is 0.460 e. The summed E-state index contributed by atoms with van der Waals surface area (Å²) in [5.74, 6) is -0.250. The van der Waals surface area contributed by atoms with Gasteiger partial charge in [0.25, 0.3) is 0 Å². The maximum atomic E-state index is 12.3. The smallest absolute Gasteiger partial charge is 0.316 e. The molecule has 1 aromatic carbocycles. The first-order chi connectivity index (χ1) is 14.7. The number of nitriles is 1. The van der Waals surface area contributed by atoms with E-state index >= 15 is 0 Å². The Labute approximate surface area is 186 Å². The highest BCUT2D eigenvalue weighted by atomic mass is 32.2. The Morgan fingerprint density at radius 1 is 1.03 bits per heavy atom. The molecule has 3 aromatic heterocycles. The summed E-state index contributed by atoms with van der Waals surface area (Å²) in [7, 11) is 0. The molecule has 0 saturated heterocycles. The van der Waals surface area contributed by atoms with Crippen molar-refractivity contribution in [3.05, 3.63) is 82.6 Å². The third-order valence-electron chi connectivity index (χ3n) is 4.23. The Hall–Kier alpha value is -2.92. The van der Waals surface area contributed by atoms with Crippen molar-refractivity contribution in [2.24, 2.45) is 0 Å². The summed E-state index contributed by atoms with van der Waals surface area (Å²) >= 11 is 4.40. The highest BCUT2D eigenvalue weighted by molar-refractivity contribution is 7.99. The normalized spacial score (nSPS) is 10.5. The zero-order valence-corrected chi connectivity index (χ0v) is 18.2. The van der Waals surface area contributed by atoms with Crippen LogP contribution in [0.15, 0.2) is 76.4 Å². The summed E-state index contributed by atoms with van der Waals surface area (Å²) in [4.78, 5) is 19.0. The predicted molar refractivity (Wildman–Crippen MR) is 123 cm³/mol. The van der Waals surface area contributed by atoms with Crippen LogP contribution in [0.3, 0.4) is 0 Å². The molecule has 0 atom stereocenters.